The fourth-order valence-electron chi connectivity index (χ4n) is 2.66. The molecule has 2 unspecified atom stereocenters. The molecule has 0 spiro atoms. The fourth-order valence-corrected chi connectivity index (χ4v) is 2.66. The SMILES string of the molecule is CCCCC(CC)COC(=O)/C=C/c1ccc(OC)cc1.NCCCCC(N)C(=O)O. The van der Waals surface area contributed by atoms with Crippen molar-refractivity contribution in [1.29, 1.82) is 0 Å². The predicted molar refractivity (Wildman–Crippen MR) is 125 cm³/mol. The molecule has 7 heteroatoms. The van der Waals surface area contributed by atoms with Crippen LogP contribution < -0.4 is 16.2 Å². The Morgan fingerprint density at radius 2 is 1.77 bits per heavy atom. The van der Waals surface area contributed by atoms with E-state index in [9.17, 15) is 9.59 Å². The van der Waals surface area contributed by atoms with E-state index in [0.29, 0.717) is 25.5 Å². The summed E-state index contributed by atoms with van der Waals surface area (Å²) in [4.78, 5) is 21.8. The Hall–Kier alpha value is -2.38. The topological polar surface area (TPSA) is 125 Å². The van der Waals surface area contributed by atoms with Crippen LogP contribution in [0, 0.1) is 5.92 Å². The van der Waals surface area contributed by atoms with E-state index in [0.717, 1.165) is 37.0 Å². The minimum absolute atomic E-state index is 0.277. The van der Waals surface area contributed by atoms with Crippen LogP contribution >= 0.6 is 0 Å². The monoisotopic (exact) mass is 436 g/mol. The highest BCUT2D eigenvalue weighted by atomic mass is 16.5. The summed E-state index contributed by atoms with van der Waals surface area (Å²) >= 11 is 0. The number of rotatable bonds is 14. The van der Waals surface area contributed by atoms with Crippen LogP contribution in [-0.2, 0) is 14.3 Å². The third-order valence-corrected chi connectivity index (χ3v) is 4.82. The zero-order chi connectivity index (χ0) is 23.5. The van der Waals surface area contributed by atoms with E-state index < -0.39 is 12.0 Å². The number of aliphatic carboxylic acids is 1. The standard InChI is InChI=1S/C18H26O3.C6H14N2O2/c1-4-6-7-15(5-2)14-21-18(19)13-10-16-8-11-17(20-3)12-9-16;7-4-2-1-3-5(8)6(9)10/h8-13,15H,4-7,14H2,1-3H3;5H,1-4,7-8H2,(H,9,10)/b13-10+;. The van der Waals surface area contributed by atoms with Crippen LogP contribution in [0.3, 0.4) is 0 Å². The molecule has 1 aromatic carbocycles. The first-order valence-electron chi connectivity index (χ1n) is 11.0. The van der Waals surface area contributed by atoms with E-state index in [4.69, 9.17) is 26.0 Å². The molecular weight excluding hydrogens is 396 g/mol. The van der Waals surface area contributed by atoms with Gasteiger partial charge in [0.15, 0.2) is 0 Å². The highest BCUT2D eigenvalue weighted by Crippen LogP contribution is 2.14. The number of hydrogen-bond acceptors (Lipinski definition) is 6. The second-order valence-electron chi connectivity index (χ2n) is 7.38. The Bertz CT molecular complexity index is 631. The van der Waals surface area contributed by atoms with Crippen LogP contribution in [0.2, 0.25) is 0 Å². The molecule has 0 saturated carbocycles. The van der Waals surface area contributed by atoms with E-state index in [-0.39, 0.29) is 5.97 Å². The smallest absolute Gasteiger partial charge is 0.330 e. The van der Waals surface area contributed by atoms with Gasteiger partial charge in [-0.1, -0.05) is 51.7 Å². The Labute approximate surface area is 186 Å². The maximum absolute atomic E-state index is 11.7. The van der Waals surface area contributed by atoms with Gasteiger partial charge in [-0.15, -0.1) is 0 Å². The summed E-state index contributed by atoms with van der Waals surface area (Å²) in [7, 11) is 1.63. The van der Waals surface area contributed by atoms with Crippen LogP contribution in [0.1, 0.15) is 64.4 Å². The van der Waals surface area contributed by atoms with Gasteiger partial charge in [0.05, 0.1) is 13.7 Å². The minimum Gasteiger partial charge on any atom is -0.497 e. The number of unbranched alkanes of at least 4 members (excludes halogenated alkanes) is 2. The van der Waals surface area contributed by atoms with Crippen LogP contribution in [0.25, 0.3) is 6.08 Å². The van der Waals surface area contributed by atoms with Crippen molar-refractivity contribution in [3.8, 4) is 5.75 Å². The molecular formula is C24H40N2O5. The van der Waals surface area contributed by atoms with Gasteiger partial charge in [-0.2, -0.15) is 0 Å². The molecule has 0 aliphatic carbocycles. The van der Waals surface area contributed by atoms with Crippen molar-refractivity contribution in [2.45, 2.75) is 64.8 Å². The van der Waals surface area contributed by atoms with E-state index in [1.165, 1.54) is 18.9 Å². The lowest BCUT2D eigenvalue weighted by Gasteiger charge is -2.13. The lowest BCUT2D eigenvalue weighted by atomic mass is 10.0. The molecule has 0 amide bonds. The molecule has 176 valence electrons. The number of esters is 1. The van der Waals surface area contributed by atoms with Gasteiger partial charge < -0.3 is 26.0 Å². The van der Waals surface area contributed by atoms with Gasteiger partial charge in [0, 0.05) is 6.08 Å². The number of carbonyl (C=O) groups excluding carboxylic acids is 1. The summed E-state index contributed by atoms with van der Waals surface area (Å²) in [6.45, 7) is 5.44. The summed E-state index contributed by atoms with van der Waals surface area (Å²) in [5, 5.41) is 8.33. The molecule has 0 heterocycles. The number of benzene rings is 1. The molecule has 0 aliphatic heterocycles. The third kappa shape index (κ3) is 15.1. The van der Waals surface area contributed by atoms with E-state index in [2.05, 4.69) is 13.8 Å². The highest BCUT2D eigenvalue weighted by molar-refractivity contribution is 5.87. The van der Waals surface area contributed by atoms with Gasteiger partial charge in [-0.3, -0.25) is 4.79 Å². The number of ether oxygens (including phenoxy) is 2. The Morgan fingerprint density at radius 3 is 2.29 bits per heavy atom. The van der Waals surface area contributed by atoms with Crippen molar-refractivity contribution in [3.05, 3.63) is 35.9 Å². The van der Waals surface area contributed by atoms with Crippen LogP contribution in [0.15, 0.2) is 30.3 Å². The normalized spacial score (nSPS) is 12.5. The second-order valence-corrected chi connectivity index (χ2v) is 7.38. The van der Waals surface area contributed by atoms with Crippen molar-refractivity contribution in [2.24, 2.45) is 17.4 Å². The molecule has 5 N–H and O–H groups in total. The highest BCUT2D eigenvalue weighted by Gasteiger charge is 2.09. The Morgan fingerprint density at radius 1 is 1.10 bits per heavy atom. The van der Waals surface area contributed by atoms with Gasteiger partial charge >= 0.3 is 11.9 Å². The van der Waals surface area contributed by atoms with Crippen molar-refractivity contribution in [1.82, 2.24) is 0 Å². The average molecular weight is 437 g/mol. The molecule has 1 rings (SSSR count). The fraction of sp³-hybridized carbons (Fsp3) is 0.583. The molecule has 7 nitrogen and oxygen atoms in total. The molecule has 0 radical (unpaired) electrons. The number of carboxylic acids is 1. The van der Waals surface area contributed by atoms with Crippen molar-refractivity contribution >= 4 is 18.0 Å². The Kier molecular flexibility index (Phi) is 17.0. The van der Waals surface area contributed by atoms with Gasteiger partial charge in [0.25, 0.3) is 0 Å². The van der Waals surface area contributed by atoms with E-state index in [1.807, 2.05) is 24.3 Å². The molecule has 0 aromatic heterocycles. The third-order valence-electron chi connectivity index (χ3n) is 4.82. The van der Waals surface area contributed by atoms with E-state index >= 15 is 0 Å². The molecule has 1 aromatic rings. The van der Waals surface area contributed by atoms with Gasteiger partial charge in [0.1, 0.15) is 11.8 Å². The summed E-state index contributed by atoms with van der Waals surface area (Å²) in [6.07, 6.45) is 9.96. The second kappa shape index (κ2) is 18.4. The number of carbonyl (C=O) groups is 2. The maximum atomic E-state index is 11.7. The van der Waals surface area contributed by atoms with Gasteiger partial charge in [-0.25, -0.2) is 4.79 Å². The van der Waals surface area contributed by atoms with Crippen LogP contribution in [-0.4, -0.2) is 43.3 Å². The molecule has 0 fully saturated rings. The molecule has 0 bridgehead atoms. The van der Waals surface area contributed by atoms with Crippen molar-refractivity contribution in [3.63, 3.8) is 0 Å². The van der Waals surface area contributed by atoms with Crippen LogP contribution in [0.4, 0.5) is 0 Å². The first kappa shape index (κ1) is 28.6. The summed E-state index contributed by atoms with van der Waals surface area (Å²) in [5.74, 6) is 0.0671. The van der Waals surface area contributed by atoms with Crippen molar-refractivity contribution < 1.29 is 24.2 Å². The van der Waals surface area contributed by atoms with E-state index in [1.54, 1.807) is 13.2 Å². The summed E-state index contributed by atoms with van der Waals surface area (Å²) in [5.41, 5.74) is 11.4. The zero-order valence-electron chi connectivity index (χ0n) is 19.2. The number of nitrogens with two attached hydrogens (primary N) is 2. The quantitative estimate of drug-likeness (QED) is 0.229. The molecule has 0 aliphatic rings. The number of methoxy groups -OCH3 is 1. The first-order chi connectivity index (χ1) is 14.9. The molecule has 31 heavy (non-hydrogen) atoms. The first-order valence-corrected chi connectivity index (χ1v) is 11.0. The molecule has 0 saturated heterocycles. The largest absolute Gasteiger partial charge is 0.497 e. The lowest BCUT2D eigenvalue weighted by molar-refractivity contribution is -0.139. The van der Waals surface area contributed by atoms with Gasteiger partial charge in [-0.05, 0) is 55.5 Å². The average Bonchev–Trinajstić information content (AvgIpc) is 2.78. The summed E-state index contributed by atoms with van der Waals surface area (Å²) < 4.78 is 10.4. The zero-order valence-corrected chi connectivity index (χ0v) is 19.2. The number of hydrogen-bond donors (Lipinski definition) is 3. The number of carboxylic acid groups (broad SMARTS) is 1. The summed E-state index contributed by atoms with van der Waals surface area (Å²) in [6, 6.07) is 6.81. The van der Waals surface area contributed by atoms with Gasteiger partial charge in [0.2, 0.25) is 0 Å². The molecule has 2 atom stereocenters. The maximum Gasteiger partial charge on any atom is 0.330 e. The van der Waals surface area contributed by atoms with Crippen LogP contribution in [0.5, 0.6) is 5.75 Å². The minimum atomic E-state index is -0.933. The lowest BCUT2D eigenvalue weighted by Crippen LogP contribution is -2.29. The van der Waals surface area contributed by atoms with Crippen molar-refractivity contribution in [2.75, 3.05) is 20.3 Å². The Balaban J connectivity index is 0.000000759. The predicted octanol–water partition coefficient (Wildman–Crippen LogP) is 4.00.